The van der Waals surface area contributed by atoms with Crippen molar-refractivity contribution in [1.29, 1.82) is 0 Å². The van der Waals surface area contributed by atoms with Crippen LogP contribution in [0.5, 0.6) is 0 Å². The molecule has 0 aliphatic heterocycles. The van der Waals surface area contributed by atoms with E-state index in [-0.39, 0.29) is 11.8 Å². The van der Waals surface area contributed by atoms with E-state index in [4.69, 9.17) is 0 Å². The molecule has 0 heterocycles. The molecule has 22 heavy (non-hydrogen) atoms. The van der Waals surface area contributed by atoms with Crippen molar-refractivity contribution < 1.29 is 4.79 Å². The number of allylic oxidation sites excluding steroid dienone is 5. The molecule has 0 saturated heterocycles. The van der Waals surface area contributed by atoms with Gasteiger partial charge in [0.25, 0.3) is 0 Å². The highest BCUT2D eigenvalue weighted by Crippen LogP contribution is 2.15. The van der Waals surface area contributed by atoms with Gasteiger partial charge in [-0.1, -0.05) is 69.4 Å². The van der Waals surface area contributed by atoms with Crippen molar-refractivity contribution in [2.45, 2.75) is 72.1 Å². The summed E-state index contributed by atoms with van der Waals surface area (Å²) in [4.78, 5) is 12.2. The molecule has 1 aliphatic carbocycles. The number of amides is 1. The van der Waals surface area contributed by atoms with Crippen LogP contribution in [0.15, 0.2) is 35.5 Å². The highest BCUT2D eigenvalue weighted by molar-refractivity contribution is 5.78. The molecule has 0 radical (unpaired) electrons. The molecular weight excluding hydrogens is 270 g/mol. The second-order valence-corrected chi connectivity index (χ2v) is 6.36. The minimum atomic E-state index is 0.192. The van der Waals surface area contributed by atoms with E-state index < -0.39 is 0 Å². The van der Waals surface area contributed by atoms with Crippen LogP contribution in [0, 0.1) is 5.92 Å². The van der Waals surface area contributed by atoms with Crippen LogP contribution in [-0.2, 0) is 4.79 Å². The van der Waals surface area contributed by atoms with Crippen molar-refractivity contribution in [3.05, 3.63) is 35.5 Å². The van der Waals surface area contributed by atoms with Gasteiger partial charge in [-0.15, -0.1) is 0 Å². The van der Waals surface area contributed by atoms with Gasteiger partial charge in [0.05, 0.1) is 0 Å². The maximum Gasteiger partial charge on any atom is 0.223 e. The lowest BCUT2D eigenvalue weighted by Crippen LogP contribution is -2.31. The Balaban J connectivity index is 2.28. The van der Waals surface area contributed by atoms with Crippen LogP contribution in [0.25, 0.3) is 0 Å². The summed E-state index contributed by atoms with van der Waals surface area (Å²) in [6.07, 6.45) is 17.6. The van der Waals surface area contributed by atoms with E-state index in [0.717, 1.165) is 32.2 Å². The Morgan fingerprint density at radius 2 is 2.05 bits per heavy atom. The third-order valence-corrected chi connectivity index (χ3v) is 4.34. The Hall–Kier alpha value is -1.31. The SMILES string of the molecule is CCCCCCC(CC)C(=O)NCCC1=CC=C(C)CC=C1. The van der Waals surface area contributed by atoms with Crippen molar-refractivity contribution >= 4 is 5.91 Å². The largest absolute Gasteiger partial charge is 0.356 e. The van der Waals surface area contributed by atoms with E-state index in [0.29, 0.717) is 0 Å². The number of hydrogen-bond acceptors (Lipinski definition) is 1. The van der Waals surface area contributed by atoms with E-state index in [1.807, 2.05) is 0 Å². The molecule has 2 heteroatoms. The Kier molecular flexibility index (Phi) is 9.61. The summed E-state index contributed by atoms with van der Waals surface area (Å²) in [6, 6.07) is 0. The lowest BCUT2D eigenvalue weighted by atomic mass is 9.97. The first-order valence-corrected chi connectivity index (χ1v) is 8.98. The molecular formula is C20H33NO. The van der Waals surface area contributed by atoms with Crippen molar-refractivity contribution in [3.63, 3.8) is 0 Å². The van der Waals surface area contributed by atoms with Gasteiger partial charge in [-0.2, -0.15) is 0 Å². The maximum atomic E-state index is 12.2. The Morgan fingerprint density at radius 1 is 1.23 bits per heavy atom. The summed E-state index contributed by atoms with van der Waals surface area (Å²) >= 11 is 0. The summed E-state index contributed by atoms with van der Waals surface area (Å²) < 4.78 is 0. The predicted octanol–water partition coefficient (Wildman–Crippen LogP) is 5.32. The number of rotatable bonds is 10. The summed E-state index contributed by atoms with van der Waals surface area (Å²) in [5.74, 6) is 0.432. The second kappa shape index (κ2) is 11.3. The molecule has 1 unspecified atom stereocenters. The molecule has 0 spiro atoms. The number of carbonyl (C=O) groups excluding carboxylic acids is 1. The first-order chi connectivity index (χ1) is 10.7. The second-order valence-electron chi connectivity index (χ2n) is 6.36. The zero-order valence-corrected chi connectivity index (χ0v) is 14.7. The van der Waals surface area contributed by atoms with E-state index in [9.17, 15) is 4.79 Å². The van der Waals surface area contributed by atoms with Gasteiger partial charge in [-0.05, 0) is 38.2 Å². The monoisotopic (exact) mass is 303 g/mol. The van der Waals surface area contributed by atoms with Crippen LogP contribution >= 0.6 is 0 Å². The van der Waals surface area contributed by atoms with Crippen LogP contribution in [0.1, 0.15) is 72.1 Å². The summed E-state index contributed by atoms with van der Waals surface area (Å²) in [5, 5.41) is 3.12. The quantitative estimate of drug-likeness (QED) is 0.544. The highest BCUT2D eigenvalue weighted by Gasteiger charge is 2.15. The van der Waals surface area contributed by atoms with Crippen LogP contribution in [0.3, 0.4) is 0 Å². The third kappa shape index (κ3) is 7.63. The molecule has 1 N–H and O–H groups in total. The normalized spacial score (nSPS) is 15.8. The summed E-state index contributed by atoms with van der Waals surface area (Å²) in [5.41, 5.74) is 2.68. The van der Waals surface area contributed by atoms with Crippen LogP contribution in [-0.4, -0.2) is 12.5 Å². The molecule has 0 saturated carbocycles. The fourth-order valence-electron chi connectivity index (χ4n) is 2.75. The Bertz CT molecular complexity index is 417. The van der Waals surface area contributed by atoms with Gasteiger partial charge >= 0.3 is 0 Å². The fraction of sp³-hybridized carbons (Fsp3) is 0.650. The van der Waals surface area contributed by atoms with Crippen LogP contribution < -0.4 is 5.32 Å². The molecule has 1 amide bonds. The number of hydrogen-bond donors (Lipinski definition) is 1. The van der Waals surface area contributed by atoms with Crippen LogP contribution in [0.4, 0.5) is 0 Å². The molecule has 124 valence electrons. The average Bonchev–Trinajstić information content (AvgIpc) is 2.72. The zero-order chi connectivity index (χ0) is 16.2. The Morgan fingerprint density at radius 3 is 2.77 bits per heavy atom. The van der Waals surface area contributed by atoms with E-state index >= 15 is 0 Å². The Labute approximate surface area is 136 Å². The van der Waals surface area contributed by atoms with Gasteiger partial charge < -0.3 is 5.32 Å². The topological polar surface area (TPSA) is 29.1 Å². The molecule has 1 aliphatic rings. The predicted molar refractivity (Wildman–Crippen MR) is 95.8 cm³/mol. The van der Waals surface area contributed by atoms with Gasteiger partial charge in [0, 0.05) is 12.5 Å². The van der Waals surface area contributed by atoms with Crippen molar-refractivity contribution in [2.75, 3.05) is 6.54 Å². The first kappa shape index (κ1) is 18.7. The third-order valence-electron chi connectivity index (χ3n) is 4.34. The summed E-state index contributed by atoms with van der Waals surface area (Å²) in [6.45, 7) is 7.23. The smallest absolute Gasteiger partial charge is 0.223 e. The van der Waals surface area contributed by atoms with E-state index in [1.54, 1.807) is 0 Å². The standard InChI is InChI=1S/C20H33NO/c1-4-6-7-8-12-19(5-2)20(22)21-16-15-18-11-9-10-17(3)13-14-18/h9,11,13-14,19H,4-8,10,12,15-16H2,1-3H3,(H,21,22). The van der Waals surface area contributed by atoms with E-state index in [2.05, 4.69) is 50.4 Å². The average molecular weight is 303 g/mol. The number of carbonyl (C=O) groups is 1. The summed E-state index contributed by atoms with van der Waals surface area (Å²) in [7, 11) is 0. The fourth-order valence-corrected chi connectivity index (χ4v) is 2.75. The maximum absolute atomic E-state index is 12.2. The first-order valence-electron chi connectivity index (χ1n) is 8.98. The van der Waals surface area contributed by atoms with Gasteiger partial charge in [-0.25, -0.2) is 0 Å². The number of unbranched alkanes of at least 4 members (excludes halogenated alkanes) is 3. The van der Waals surface area contributed by atoms with Crippen molar-refractivity contribution in [3.8, 4) is 0 Å². The molecule has 0 fully saturated rings. The molecule has 1 atom stereocenters. The minimum Gasteiger partial charge on any atom is -0.356 e. The molecule has 1 rings (SSSR count). The van der Waals surface area contributed by atoms with Crippen molar-refractivity contribution in [2.24, 2.45) is 5.92 Å². The van der Waals surface area contributed by atoms with Gasteiger partial charge in [0.2, 0.25) is 5.91 Å². The van der Waals surface area contributed by atoms with Crippen LogP contribution in [0.2, 0.25) is 0 Å². The molecule has 0 aromatic rings. The zero-order valence-electron chi connectivity index (χ0n) is 14.7. The highest BCUT2D eigenvalue weighted by atomic mass is 16.1. The molecule has 0 aromatic carbocycles. The molecule has 0 bridgehead atoms. The minimum absolute atomic E-state index is 0.192. The molecule has 2 nitrogen and oxygen atoms in total. The number of nitrogens with one attached hydrogen (secondary N) is 1. The van der Waals surface area contributed by atoms with E-state index in [1.165, 1.54) is 36.8 Å². The molecule has 0 aromatic heterocycles. The van der Waals surface area contributed by atoms with Gasteiger partial charge in [0.1, 0.15) is 0 Å². The van der Waals surface area contributed by atoms with Crippen molar-refractivity contribution in [1.82, 2.24) is 5.32 Å². The lowest BCUT2D eigenvalue weighted by Gasteiger charge is -2.15. The lowest BCUT2D eigenvalue weighted by molar-refractivity contribution is -0.125. The van der Waals surface area contributed by atoms with Gasteiger partial charge in [-0.3, -0.25) is 4.79 Å². The van der Waals surface area contributed by atoms with Gasteiger partial charge in [0.15, 0.2) is 0 Å².